The highest BCUT2D eigenvalue weighted by atomic mass is 16.1. The van der Waals surface area contributed by atoms with Gasteiger partial charge in [-0.1, -0.05) is 0 Å². The maximum atomic E-state index is 11.4. The maximum absolute atomic E-state index is 11.4. The first-order valence-corrected chi connectivity index (χ1v) is 5.24. The summed E-state index contributed by atoms with van der Waals surface area (Å²) in [4.78, 5) is 17.9. The van der Waals surface area contributed by atoms with Crippen molar-refractivity contribution in [1.29, 1.82) is 0 Å². The molecular formula is C11H15N3O. The lowest BCUT2D eigenvalue weighted by atomic mass is 10.2. The molecule has 0 aliphatic carbocycles. The topological polar surface area (TPSA) is 45.2 Å². The van der Waals surface area contributed by atoms with E-state index in [0.717, 1.165) is 18.9 Å². The van der Waals surface area contributed by atoms with E-state index in [1.807, 2.05) is 6.07 Å². The Morgan fingerprint density at radius 3 is 2.87 bits per heavy atom. The summed E-state index contributed by atoms with van der Waals surface area (Å²) in [6.45, 7) is 2.09. The van der Waals surface area contributed by atoms with Crippen LogP contribution in [0.5, 0.6) is 0 Å². The predicted molar refractivity (Wildman–Crippen MR) is 59.1 cm³/mol. The maximum Gasteiger partial charge on any atom is 0.251 e. The number of carbonyl (C=O) groups is 1. The van der Waals surface area contributed by atoms with Crippen LogP contribution < -0.4 is 10.2 Å². The van der Waals surface area contributed by atoms with E-state index in [4.69, 9.17) is 0 Å². The lowest BCUT2D eigenvalue weighted by Crippen LogP contribution is -2.21. The minimum Gasteiger partial charge on any atom is -0.357 e. The van der Waals surface area contributed by atoms with E-state index in [0.29, 0.717) is 5.56 Å². The van der Waals surface area contributed by atoms with Crippen molar-refractivity contribution in [2.24, 2.45) is 0 Å². The third-order valence-electron chi connectivity index (χ3n) is 2.66. The summed E-state index contributed by atoms with van der Waals surface area (Å²) in [5.41, 5.74) is 0.675. The van der Waals surface area contributed by atoms with E-state index >= 15 is 0 Å². The van der Waals surface area contributed by atoms with Crippen LogP contribution in [-0.2, 0) is 0 Å². The van der Waals surface area contributed by atoms with Gasteiger partial charge in [-0.25, -0.2) is 4.98 Å². The van der Waals surface area contributed by atoms with E-state index in [2.05, 4.69) is 15.2 Å². The average Bonchev–Trinajstić information content (AvgIpc) is 2.82. The molecule has 1 aromatic heterocycles. The van der Waals surface area contributed by atoms with E-state index in [9.17, 15) is 4.79 Å². The Bertz CT molecular complexity index is 359. The predicted octanol–water partition coefficient (Wildman–Crippen LogP) is 1.04. The summed E-state index contributed by atoms with van der Waals surface area (Å²) in [7, 11) is 1.64. The summed E-state index contributed by atoms with van der Waals surface area (Å²) in [6, 6.07) is 3.59. The summed E-state index contributed by atoms with van der Waals surface area (Å²) < 4.78 is 0. The standard InChI is InChI=1S/C11H15N3O/c1-12-11(15)9-4-5-13-10(8-9)14-6-2-3-7-14/h4-5,8H,2-3,6-7H2,1H3,(H,12,15). The Labute approximate surface area is 89.3 Å². The Morgan fingerprint density at radius 1 is 1.47 bits per heavy atom. The average molecular weight is 205 g/mol. The third kappa shape index (κ3) is 2.09. The van der Waals surface area contributed by atoms with Gasteiger partial charge in [0.1, 0.15) is 5.82 Å². The van der Waals surface area contributed by atoms with Gasteiger partial charge in [-0.15, -0.1) is 0 Å². The van der Waals surface area contributed by atoms with E-state index in [1.54, 1.807) is 19.3 Å². The first-order valence-electron chi connectivity index (χ1n) is 5.24. The molecule has 0 unspecified atom stereocenters. The molecule has 1 aliphatic heterocycles. The molecule has 0 spiro atoms. The van der Waals surface area contributed by atoms with Crippen molar-refractivity contribution >= 4 is 11.7 Å². The van der Waals surface area contributed by atoms with Gasteiger partial charge in [0.05, 0.1) is 0 Å². The number of nitrogens with one attached hydrogen (secondary N) is 1. The third-order valence-corrected chi connectivity index (χ3v) is 2.66. The molecule has 4 nitrogen and oxygen atoms in total. The molecule has 1 aromatic rings. The fraction of sp³-hybridized carbons (Fsp3) is 0.455. The summed E-state index contributed by atoms with van der Waals surface area (Å²) in [5, 5.41) is 2.61. The highest BCUT2D eigenvalue weighted by Gasteiger charge is 2.14. The van der Waals surface area contributed by atoms with Gasteiger partial charge in [-0.05, 0) is 25.0 Å². The van der Waals surface area contributed by atoms with Crippen molar-refractivity contribution in [3.05, 3.63) is 23.9 Å². The highest BCUT2D eigenvalue weighted by molar-refractivity contribution is 5.94. The van der Waals surface area contributed by atoms with Crippen LogP contribution in [0.3, 0.4) is 0 Å². The van der Waals surface area contributed by atoms with E-state index < -0.39 is 0 Å². The SMILES string of the molecule is CNC(=O)c1ccnc(N2CCCC2)c1. The molecule has 2 heterocycles. The van der Waals surface area contributed by atoms with Crippen LogP contribution in [0.25, 0.3) is 0 Å². The first-order chi connectivity index (χ1) is 7.31. The zero-order chi connectivity index (χ0) is 10.7. The molecule has 1 aliphatic rings. The van der Waals surface area contributed by atoms with E-state index in [1.165, 1.54) is 12.8 Å². The monoisotopic (exact) mass is 205 g/mol. The second-order valence-corrected chi connectivity index (χ2v) is 3.68. The minimum atomic E-state index is -0.0575. The molecule has 0 radical (unpaired) electrons. The van der Waals surface area contributed by atoms with Crippen molar-refractivity contribution in [3.8, 4) is 0 Å². The van der Waals surface area contributed by atoms with Gasteiger partial charge >= 0.3 is 0 Å². The number of rotatable bonds is 2. The lowest BCUT2D eigenvalue weighted by molar-refractivity contribution is 0.0963. The van der Waals surface area contributed by atoms with Crippen molar-refractivity contribution in [1.82, 2.24) is 10.3 Å². The molecule has 0 aromatic carbocycles. The molecule has 1 saturated heterocycles. The number of anilines is 1. The van der Waals surface area contributed by atoms with Crippen molar-refractivity contribution in [2.75, 3.05) is 25.0 Å². The van der Waals surface area contributed by atoms with Crippen molar-refractivity contribution in [3.63, 3.8) is 0 Å². The number of hydrogen-bond acceptors (Lipinski definition) is 3. The van der Waals surface area contributed by atoms with Crippen molar-refractivity contribution in [2.45, 2.75) is 12.8 Å². The zero-order valence-corrected chi connectivity index (χ0v) is 8.86. The van der Waals surface area contributed by atoms with Crippen LogP contribution in [0.15, 0.2) is 18.3 Å². The Kier molecular flexibility index (Phi) is 2.85. The lowest BCUT2D eigenvalue weighted by Gasteiger charge is -2.16. The Hall–Kier alpha value is -1.58. The molecule has 2 rings (SSSR count). The molecule has 15 heavy (non-hydrogen) atoms. The molecule has 1 fully saturated rings. The number of aromatic nitrogens is 1. The van der Waals surface area contributed by atoms with Gasteiger partial charge in [0.15, 0.2) is 0 Å². The Balaban J connectivity index is 2.21. The number of amides is 1. The molecule has 0 saturated carbocycles. The van der Waals surface area contributed by atoms with Gasteiger partial charge in [-0.2, -0.15) is 0 Å². The summed E-state index contributed by atoms with van der Waals surface area (Å²) >= 11 is 0. The molecule has 1 N–H and O–H groups in total. The van der Waals surface area contributed by atoms with Gasteiger partial charge < -0.3 is 10.2 Å². The Morgan fingerprint density at radius 2 is 2.20 bits per heavy atom. The minimum absolute atomic E-state index is 0.0575. The molecular weight excluding hydrogens is 190 g/mol. The second kappa shape index (κ2) is 4.29. The van der Waals surface area contributed by atoms with Crippen LogP contribution in [0, 0.1) is 0 Å². The fourth-order valence-corrected chi connectivity index (χ4v) is 1.82. The number of nitrogens with zero attached hydrogens (tertiary/aromatic N) is 2. The largest absolute Gasteiger partial charge is 0.357 e. The smallest absolute Gasteiger partial charge is 0.251 e. The fourth-order valence-electron chi connectivity index (χ4n) is 1.82. The van der Waals surface area contributed by atoms with Crippen LogP contribution in [-0.4, -0.2) is 31.0 Å². The summed E-state index contributed by atoms with van der Waals surface area (Å²) in [6.07, 6.45) is 4.12. The number of hydrogen-bond donors (Lipinski definition) is 1. The van der Waals surface area contributed by atoms with Crippen LogP contribution in [0.1, 0.15) is 23.2 Å². The molecule has 1 amide bonds. The van der Waals surface area contributed by atoms with Crippen LogP contribution in [0.4, 0.5) is 5.82 Å². The van der Waals surface area contributed by atoms with Crippen LogP contribution in [0.2, 0.25) is 0 Å². The van der Waals surface area contributed by atoms with Gasteiger partial charge in [0.2, 0.25) is 0 Å². The molecule has 0 bridgehead atoms. The number of pyridine rings is 1. The molecule has 80 valence electrons. The first kappa shape index (κ1) is 9.96. The summed E-state index contributed by atoms with van der Waals surface area (Å²) in [5.74, 6) is 0.853. The quantitative estimate of drug-likeness (QED) is 0.784. The van der Waals surface area contributed by atoms with Gasteiger partial charge in [-0.3, -0.25) is 4.79 Å². The van der Waals surface area contributed by atoms with Crippen molar-refractivity contribution < 1.29 is 4.79 Å². The molecule has 0 atom stereocenters. The second-order valence-electron chi connectivity index (χ2n) is 3.68. The van der Waals surface area contributed by atoms with Gasteiger partial charge in [0, 0.05) is 31.9 Å². The van der Waals surface area contributed by atoms with E-state index in [-0.39, 0.29) is 5.91 Å². The molecule has 4 heteroatoms. The van der Waals surface area contributed by atoms with Crippen LogP contribution >= 0.6 is 0 Å². The van der Waals surface area contributed by atoms with Gasteiger partial charge in [0.25, 0.3) is 5.91 Å². The number of carbonyl (C=O) groups excluding carboxylic acids is 1. The normalized spacial score (nSPS) is 15.4. The highest BCUT2D eigenvalue weighted by Crippen LogP contribution is 2.18. The zero-order valence-electron chi connectivity index (χ0n) is 8.86.